The van der Waals surface area contributed by atoms with E-state index in [9.17, 15) is 26.4 Å². The molecule has 1 N–H and O–H groups in total. The van der Waals surface area contributed by atoms with Crippen LogP contribution in [-0.2, 0) is 14.8 Å². The van der Waals surface area contributed by atoms with Crippen LogP contribution in [0.5, 0.6) is 0 Å². The number of hydrogen-bond donors (Lipinski definition) is 1. The van der Waals surface area contributed by atoms with Gasteiger partial charge in [-0.3, -0.25) is 19.4 Å². The first-order valence-corrected chi connectivity index (χ1v) is 11.9. The van der Waals surface area contributed by atoms with E-state index < -0.39 is 28.8 Å². The van der Waals surface area contributed by atoms with Gasteiger partial charge >= 0.3 is 6.18 Å². The van der Waals surface area contributed by atoms with Crippen molar-refractivity contribution in [2.24, 2.45) is 4.99 Å². The van der Waals surface area contributed by atoms with E-state index >= 15 is 0 Å². The van der Waals surface area contributed by atoms with Gasteiger partial charge in [0.15, 0.2) is 0 Å². The van der Waals surface area contributed by atoms with Crippen molar-refractivity contribution >= 4 is 21.8 Å². The Morgan fingerprint density at radius 3 is 2.65 bits per heavy atom. The van der Waals surface area contributed by atoms with E-state index in [1.807, 2.05) is 6.92 Å². The molecular formula is C20H27F3N4O3S. The first-order valence-electron chi connectivity index (χ1n) is 10.4. The van der Waals surface area contributed by atoms with E-state index in [1.165, 1.54) is 11.0 Å². The Bertz CT molecular complexity index is 934. The van der Waals surface area contributed by atoms with Crippen molar-refractivity contribution in [2.45, 2.75) is 49.7 Å². The van der Waals surface area contributed by atoms with Gasteiger partial charge in [-0.2, -0.15) is 13.2 Å². The van der Waals surface area contributed by atoms with E-state index in [-0.39, 0.29) is 36.3 Å². The molecule has 2 aliphatic heterocycles. The molecule has 1 amide bonds. The fraction of sp³-hybridized carbons (Fsp3) is 0.600. The average molecular weight is 461 g/mol. The van der Waals surface area contributed by atoms with Crippen LogP contribution in [0.25, 0.3) is 0 Å². The molecule has 31 heavy (non-hydrogen) atoms. The number of carbonyl (C=O) groups is 1. The number of benzene rings is 1. The number of halogens is 3. The van der Waals surface area contributed by atoms with E-state index in [0.29, 0.717) is 24.9 Å². The zero-order chi connectivity index (χ0) is 22.6. The molecule has 0 saturated carbocycles. The lowest BCUT2D eigenvalue weighted by Gasteiger charge is -2.25. The third-order valence-corrected chi connectivity index (χ3v) is 6.76. The quantitative estimate of drug-likeness (QED) is 0.707. The van der Waals surface area contributed by atoms with Crippen molar-refractivity contribution in [1.82, 2.24) is 14.5 Å². The standard InChI is InChI=1S/C20H27F3N4O3S/c1-2-3-8-16(24-18-15-7-4-5-9-17(15)31(29,30)25-18)19(28)27-11-6-10-26(12-13-27)14-20(21,22)23/h4-5,7,9,16H,2-3,6,8,10-14H2,1H3,(H,24,25)/t16-/m0/s1. The summed E-state index contributed by atoms with van der Waals surface area (Å²) in [6.07, 6.45) is -1.85. The second kappa shape index (κ2) is 9.56. The molecule has 1 atom stereocenters. The smallest absolute Gasteiger partial charge is 0.340 e. The number of aliphatic imine (C=N–C) groups is 1. The predicted molar refractivity (Wildman–Crippen MR) is 110 cm³/mol. The van der Waals surface area contributed by atoms with E-state index in [1.54, 1.807) is 23.1 Å². The number of amidine groups is 1. The molecule has 3 rings (SSSR count). The number of rotatable bonds is 6. The Labute approximate surface area is 180 Å². The maximum absolute atomic E-state index is 13.2. The normalized spacial score (nSPS) is 21.4. The molecule has 172 valence electrons. The van der Waals surface area contributed by atoms with Crippen LogP contribution in [0.1, 0.15) is 38.2 Å². The van der Waals surface area contributed by atoms with Gasteiger partial charge in [0.25, 0.3) is 10.0 Å². The molecule has 1 fully saturated rings. The maximum Gasteiger partial charge on any atom is 0.401 e. The largest absolute Gasteiger partial charge is 0.401 e. The summed E-state index contributed by atoms with van der Waals surface area (Å²) in [5.41, 5.74) is 0.420. The fourth-order valence-electron chi connectivity index (χ4n) is 3.84. The summed E-state index contributed by atoms with van der Waals surface area (Å²) in [7, 11) is -3.72. The van der Waals surface area contributed by atoms with Crippen LogP contribution in [0.3, 0.4) is 0 Å². The van der Waals surface area contributed by atoms with Crippen LogP contribution in [-0.4, -0.2) is 74.9 Å². The lowest BCUT2D eigenvalue weighted by molar-refractivity contribution is -0.145. The van der Waals surface area contributed by atoms with Crippen LogP contribution < -0.4 is 4.72 Å². The second-order valence-corrected chi connectivity index (χ2v) is 9.46. The number of unbranched alkanes of at least 4 members (excludes halogenated alkanes) is 1. The van der Waals surface area contributed by atoms with Gasteiger partial charge in [0.05, 0.1) is 11.4 Å². The van der Waals surface area contributed by atoms with Crippen molar-refractivity contribution in [2.75, 3.05) is 32.7 Å². The molecule has 0 spiro atoms. The van der Waals surface area contributed by atoms with Crippen LogP contribution in [0, 0.1) is 0 Å². The molecule has 2 aliphatic rings. The third kappa shape index (κ3) is 5.97. The molecule has 0 aromatic heterocycles. The number of nitrogens with one attached hydrogen (secondary N) is 1. The Kier molecular flexibility index (Phi) is 7.25. The molecule has 0 aliphatic carbocycles. The van der Waals surface area contributed by atoms with Crippen LogP contribution in [0.15, 0.2) is 34.2 Å². The van der Waals surface area contributed by atoms with Gasteiger partial charge in [0.2, 0.25) is 5.91 Å². The van der Waals surface area contributed by atoms with Crippen molar-refractivity contribution < 1.29 is 26.4 Å². The summed E-state index contributed by atoms with van der Waals surface area (Å²) in [5.74, 6) is -0.142. The number of carbonyl (C=O) groups excluding carboxylic acids is 1. The fourth-order valence-corrected chi connectivity index (χ4v) is 5.08. The highest BCUT2D eigenvalue weighted by Crippen LogP contribution is 2.24. The van der Waals surface area contributed by atoms with Gasteiger partial charge in [0, 0.05) is 31.7 Å². The summed E-state index contributed by atoms with van der Waals surface area (Å²) in [6, 6.07) is 5.63. The number of fused-ring (bicyclic) bond motifs is 1. The van der Waals surface area contributed by atoms with Gasteiger partial charge < -0.3 is 4.90 Å². The molecule has 11 heteroatoms. The number of hydrogen-bond acceptors (Lipinski definition) is 5. The molecular weight excluding hydrogens is 433 g/mol. The zero-order valence-corrected chi connectivity index (χ0v) is 18.2. The van der Waals surface area contributed by atoms with Gasteiger partial charge in [-0.1, -0.05) is 31.9 Å². The SMILES string of the molecule is CCCC[C@H](N=C1NS(=O)(=O)c2ccccc21)C(=O)N1CCCN(CC(F)(F)F)CC1. The average Bonchev–Trinajstić information content (AvgIpc) is 2.83. The third-order valence-electron chi connectivity index (χ3n) is 5.37. The summed E-state index contributed by atoms with van der Waals surface area (Å²) in [6.45, 7) is 1.93. The van der Waals surface area contributed by atoms with Crippen molar-refractivity contribution in [3.63, 3.8) is 0 Å². The first kappa shape index (κ1) is 23.5. The van der Waals surface area contributed by atoms with Gasteiger partial charge in [-0.05, 0) is 25.0 Å². The summed E-state index contributed by atoms with van der Waals surface area (Å²) in [4.78, 5) is 20.7. The molecule has 0 unspecified atom stereocenters. The van der Waals surface area contributed by atoms with Crippen molar-refractivity contribution in [3.8, 4) is 0 Å². The van der Waals surface area contributed by atoms with Crippen LogP contribution >= 0.6 is 0 Å². The van der Waals surface area contributed by atoms with Gasteiger partial charge in [0.1, 0.15) is 11.9 Å². The topological polar surface area (TPSA) is 82.1 Å². The number of amides is 1. The van der Waals surface area contributed by atoms with Crippen LogP contribution in [0.4, 0.5) is 13.2 Å². The molecule has 1 aromatic rings. The zero-order valence-electron chi connectivity index (χ0n) is 17.4. The highest BCUT2D eigenvalue weighted by Gasteiger charge is 2.34. The monoisotopic (exact) mass is 460 g/mol. The van der Waals surface area contributed by atoms with E-state index in [2.05, 4.69) is 9.71 Å². The summed E-state index contributed by atoms with van der Waals surface area (Å²) >= 11 is 0. The summed E-state index contributed by atoms with van der Waals surface area (Å²) < 4.78 is 65.2. The Balaban J connectivity index is 1.78. The molecule has 7 nitrogen and oxygen atoms in total. The Morgan fingerprint density at radius 2 is 1.94 bits per heavy atom. The number of alkyl halides is 3. The number of nitrogens with zero attached hydrogens (tertiary/aromatic N) is 3. The van der Waals surface area contributed by atoms with E-state index in [4.69, 9.17) is 0 Å². The molecule has 0 radical (unpaired) electrons. The van der Waals surface area contributed by atoms with Crippen molar-refractivity contribution in [1.29, 1.82) is 0 Å². The van der Waals surface area contributed by atoms with Crippen molar-refractivity contribution in [3.05, 3.63) is 29.8 Å². The molecule has 2 heterocycles. The van der Waals surface area contributed by atoms with Gasteiger partial charge in [-0.25, -0.2) is 8.42 Å². The first-order chi connectivity index (χ1) is 14.6. The van der Waals surface area contributed by atoms with Crippen LogP contribution in [0.2, 0.25) is 0 Å². The lowest BCUT2D eigenvalue weighted by Crippen LogP contribution is -2.42. The lowest BCUT2D eigenvalue weighted by atomic mass is 10.1. The number of sulfonamides is 1. The minimum Gasteiger partial charge on any atom is -0.340 e. The van der Waals surface area contributed by atoms with E-state index in [0.717, 1.165) is 12.8 Å². The summed E-state index contributed by atoms with van der Waals surface area (Å²) in [5, 5.41) is 0. The highest BCUT2D eigenvalue weighted by molar-refractivity contribution is 7.90. The maximum atomic E-state index is 13.2. The minimum absolute atomic E-state index is 0.119. The second-order valence-electron chi connectivity index (χ2n) is 7.81. The minimum atomic E-state index is -4.28. The molecule has 1 saturated heterocycles. The molecule has 1 aromatic carbocycles. The van der Waals surface area contributed by atoms with Gasteiger partial charge in [-0.15, -0.1) is 0 Å². The Hall–Kier alpha value is -2.14. The predicted octanol–water partition coefficient (Wildman–Crippen LogP) is 2.38. The molecule has 0 bridgehead atoms. The Morgan fingerprint density at radius 1 is 1.19 bits per heavy atom. The highest BCUT2D eigenvalue weighted by atomic mass is 32.2.